The quantitative estimate of drug-likeness (QED) is 0.687. The van der Waals surface area contributed by atoms with Crippen molar-refractivity contribution in [3.63, 3.8) is 0 Å². The Kier molecular flexibility index (Phi) is 2.36. The fourth-order valence-electron chi connectivity index (χ4n) is 3.15. The normalized spacial score (nSPS) is 13.8. The molecule has 1 aliphatic carbocycles. The van der Waals surface area contributed by atoms with E-state index >= 15 is 0 Å². The molecule has 4 rings (SSSR count). The number of methoxy groups -OCH3 is 1. The van der Waals surface area contributed by atoms with E-state index in [0.29, 0.717) is 11.1 Å². The molecule has 3 nitrogen and oxygen atoms in total. The molecule has 0 saturated carbocycles. The van der Waals surface area contributed by atoms with Gasteiger partial charge in [0.05, 0.1) is 18.1 Å². The summed E-state index contributed by atoms with van der Waals surface area (Å²) in [4.78, 5) is 16.1. The molecule has 1 N–H and O–H groups in total. The zero-order valence-corrected chi connectivity index (χ0v) is 11.3. The van der Waals surface area contributed by atoms with Crippen LogP contribution in [0.25, 0.3) is 21.8 Å². The van der Waals surface area contributed by atoms with Gasteiger partial charge in [-0.2, -0.15) is 0 Å². The van der Waals surface area contributed by atoms with E-state index in [0.717, 1.165) is 29.3 Å². The molecule has 0 radical (unpaired) electrons. The molecule has 2 aromatic carbocycles. The predicted molar refractivity (Wildman–Crippen MR) is 80.7 cm³/mol. The number of hydrogen-bond donors (Lipinski definition) is 1. The van der Waals surface area contributed by atoms with E-state index in [1.165, 1.54) is 17.5 Å². The Labute approximate surface area is 116 Å². The van der Waals surface area contributed by atoms with Crippen LogP contribution in [0.5, 0.6) is 5.75 Å². The number of aryl methyl sites for hydroxylation is 2. The van der Waals surface area contributed by atoms with Crippen molar-refractivity contribution in [2.24, 2.45) is 0 Å². The van der Waals surface area contributed by atoms with Gasteiger partial charge >= 0.3 is 0 Å². The summed E-state index contributed by atoms with van der Waals surface area (Å²) in [5.74, 6) is 0.712. The summed E-state index contributed by atoms with van der Waals surface area (Å²) in [7, 11) is 1.61. The topological polar surface area (TPSA) is 42.1 Å². The highest BCUT2D eigenvalue weighted by Gasteiger charge is 2.14. The van der Waals surface area contributed by atoms with E-state index in [1.807, 2.05) is 12.1 Å². The SMILES string of the molecule is COc1ccc2[nH]c3cc4c(cc3c(=O)c2c1)CCC4. The van der Waals surface area contributed by atoms with Crippen molar-refractivity contribution in [1.29, 1.82) is 0 Å². The molecule has 0 spiro atoms. The minimum absolute atomic E-state index is 0.0855. The zero-order valence-electron chi connectivity index (χ0n) is 11.3. The van der Waals surface area contributed by atoms with Gasteiger partial charge in [-0.25, -0.2) is 0 Å². The third-order valence-electron chi connectivity index (χ3n) is 4.22. The molecule has 1 heterocycles. The highest BCUT2D eigenvalue weighted by atomic mass is 16.5. The van der Waals surface area contributed by atoms with Crippen molar-refractivity contribution in [2.45, 2.75) is 19.3 Å². The molecule has 0 unspecified atom stereocenters. The van der Waals surface area contributed by atoms with Crippen molar-refractivity contribution >= 4 is 21.8 Å². The molecule has 3 aromatic rings. The van der Waals surface area contributed by atoms with Gasteiger partial charge in [-0.1, -0.05) is 0 Å². The summed E-state index contributed by atoms with van der Waals surface area (Å²) >= 11 is 0. The molecular weight excluding hydrogens is 250 g/mol. The standard InChI is InChI=1S/C17H15NO2/c1-20-12-5-6-15-14(9-12)17(19)13-7-10-3-2-4-11(10)8-16(13)18-15/h5-9H,2-4H2,1H3,(H,18,19). The van der Waals surface area contributed by atoms with E-state index < -0.39 is 0 Å². The summed E-state index contributed by atoms with van der Waals surface area (Å²) < 4.78 is 5.21. The molecule has 20 heavy (non-hydrogen) atoms. The Balaban J connectivity index is 2.13. The van der Waals surface area contributed by atoms with Crippen LogP contribution in [0.4, 0.5) is 0 Å². The molecule has 0 bridgehead atoms. The molecular formula is C17H15NO2. The Morgan fingerprint density at radius 1 is 1.00 bits per heavy atom. The largest absolute Gasteiger partial charge is 0.497 e. The molecule has 0 amide bonds. The summed E-state index contributed by atoms with van der Waals surface area (Å²) in [6.07, 6.45) is 3.39. The minimum atomic E-state index is 0.0855. The van der Waals surface area contributed by atoms with Crippen LogP contribution in [0, 0.1) is 0 Å². The van der Waals surface area contributed by atoms with Crippen LogP contribution in [0.3, 0.4) is 0 Å². The van der Waals surface area contributed by atoms with E-state index in [-0.39, 0.29) is 5.43 Å². The number of fused-ring (bicyclic) bond motifs is 3. The van der Waals surface area contributed by atoms with Gasteiger partial charge in [-0.15, -0.1) is 0 Å². The molecule has 1 aromatic heterocycles. The van der Waals surface area contributed by atoms with Crippen LogP contribution < -0.4 is 10.2 Å². The van der Waals surface area contributed by atoms with E-state index in [1.54, 1.807) is 13.2 Å². The monoisotopic (exact) mass is 265 g/mol. The number of nitrogens with one attached hydrogen (secondary N) is 1. The number of pyridine rings is 1. The first kappa shape index (κ1) is 11.5. The van der Waals surface area contributed by atoms with Gasteiger partial charge in [0.1, 0.15) is 5.75 Å². The average molecular weight is 265 g/mol. The van der Waals surface area contributed by atoms with Gasteiger partial charge in [0.15, 0.2) is 5.43 Å². The van der Waals surface area contributed by atoms with Crippen molar-refractivity contribution < 1.29 is 4.74 Å². The molecule has 0 aliphatic heterocycles. The molecule has 0 saturated heterocycles. The maximum Gasteiger partial charge on any atom is 0.197 e. The minimum Gasteiger partial charge on any atom is -0.497 e. The van der Waals surface area contributed by atoms with Crippen LogP contribution in [-0.4, -0.2) is 12.1 Å². The third-order valence-corrected chi connectivity index (χ3v) is 4.22. The average Bonchev–Trinajstić information content (AvgIpc) is 2.93. The van der Waals surface area contributed by atoms with Gasteiger partial charge in [0.2, 0.25) is 0 Å². The Morgan fingerprint density at radius 3 is 2.55 bits per heavy atom. The summed E-state index contributed by atoms with van der Waals surface area (Å²) in [6, 6.07) is 9.79. The van der Waals surface area contributed by atoms with Crippen LogP contribution in [0.1, 0.15) is 17.5 Å². The van der Waals surface area contributed by atoms with E-state index in [9.17, 15) is 4.79 Å². The number of hydrogen-bond acceptors (Lipinski definition) is 2. The molecule has 0 fully saturated rings. The van der Waals surface area contributed by atoms with Crippen LogP contribution in [0.2, 0.25) is 0 Å². The van der Waals surface area contributed by atoms with Crippen molar-refractivity contribution in [2.75, 3.05) is 7.11 Å². The first-order valence-electron chi connectivity index (χ1n) is 6.92. The van der Waals surface area contributed by atoms with E-state index in [2.05, 4.69) is 17.1 Å². The number of benzene rings is 2. The number of rotatable bonds is 1. The maximum atomic E-state index is 12.7. The van der Waals surface area contributed by atoms with Crippen molar-refractivity contribution in [3.05, 3.63) is 51.7 Å². The Morgan fingerprint density at radius 2 is 1.75 bits per heavy atom. The Bertz CT molecular complexity index is 893. The predicted octanol–water partition coefficient (Wildman–Crippen LogP) is 3.18. The number of H-pyrrole nitrogens is 1. The first-order valence-corrected chi connectivity index (χ1v) is 6.92. The van der Waals surface area contributed by atoms with Crippen molar-refractivity contribution in [1.82, 2.24) is 4.98 Å². The second-order valence-electron chi connectivity index (χ2n) is 5.39. The van der Waals surface area contributed by atoms with Crippen LogP contribution in [-0.2, 0) is 12.8 Å². The fourth-order valence-corrected chi connectivity index (χ4v) is 3.15. The number of aromatic nitrogens is 1. The smallest absolute Gasteiger partial charge is 0.197 e. The summed E-state index contributed by atoms with van der Waals surface area (Å²) in [5, 5.41) is 1.47. The number of aromatic amines is 1. The lowest BCUT2D eigenvalue weighted by Gasteiger charge is -2.07. The lowest BCUT2D eigenvalue weighted by molar-refractivity contribution is 0.415. The van der Waals surface area contributed by atoms with E-state index in [4.69, 9.17) is 4.74 Å². The molecule has 0 atom stereocenters. The highest BCUT2D eigenvalue weighted by molar-refractivity contribution is 5.93. The van der Waals surface area contributed by atoms with Gasteiger partial charge in [-0.05, 0) is 60.7 Å². The van der Waals surface area contributed by atoms with Crippen molar-refractivity contribution in [3.8, 4) is 5.75 Å². The molecule has 100 valence electrons. The number of ether oxygens (including phenoxy) is 1. The fraction of sp³-hybridized carbons (Fsp3) is 0.235. The summed E-state index contributed by atoms with van der Waals surface area (Å²) in [5.41, 5.74) is 4.59. The lowest BCUT2D eigenvalue weighted by Crippen LogP contribution is -2.05. The van der Waals surface area contributed by atoms with Crippen LogP contribution in [0.15, 0.2) is 35.1 Å². The third kappa shape index (κ3) is 1.56. The molecule has 3 heteroatoms. The lowest BCUT2D eigenvalue weighted by atomic mass is 10.0. The van der Waals surface area contributed by atoms with Gasteiger partial charge in [0.25, 0.3) is 0 Å². The summed E-state index contributed by atoms with van der Waals surface area (Å²) in [6.45, 7) is 0. The Hall–Kier alpha value is -2.29. The van der Waals surface area contributed by atoms with Gasteiger partial charge in [0, 0.05) is 10.8 Å². The van der Waals surface area contributed by atoms with Gasteiger partial charge in [-0.3, -0.25) is 4.79 Å². The van der Waals surface area contributed by atoms with Crippen LogP contribution >= 0.6 is 0 Å². The van der Waals surface area contributed by atoms with Gasteiger partial charge < -0.3 is 9.72 Å². The maximum absolute atomic E-state index is 12.7. The molecule has 1 aliphatic rings. The first-order chi connectivity index (χ1) is 9.76. The highest BCUT2D eigenvalue weighted by Crippen LogP contribution is 2.27. The second-order valence-corrected chi connectivity index (χ2v) is 5.39. The second kappa shape index (κ2) is 4.10. The zero-order chi connectivity index (χ0) is 13.7.